The van der Waals surface area contributed by atoms with E-state index in [0.717, 1.165) is 17.7 Å². The summed E-state index contributed by atoms with van der Waals surface area (Å²) in [6, 6.07) is 18.4. The summed E-state index contributed by atoms with van der Waals surface area (Å²) in [5, 5.41) is 4.41. The number of hydrogen-bond donors (Lipinski definition) is 1. The van der Waals surface area contributed by atoms with Crippen LogP contribution in [-0.4, -0.2) is 9.78 Å². The molecule has 0 aliphatic rings. The number of nitrogens with zero attached hydrogens (tertiary/aromatic N) is 2. The zero-order valence-electron chi connectivity index (χ0n) is 12.1. The van der Waals surface area contributed by atoms with E-state index >= 15 is 0 Å². The van der Waals surface area contributed by atoms with Crippen molar-refractivity contribution >= 4 is 0 Å². The van der Waals surface area contributed by atoms with Gasteiger partial charge in [-0.1, -0.05) is 42.5 Å². The van der Waals surface area contributed by atoms with Crippen molar-refractivity contribution in [2.24, 2.45) is 5.73 Å². The van der Waals surface area contributed by atoms with E-state index in [0.29, 0.717) is 0 Å². The number of hydrogen-bond acceptors (Lipinski definition) is 2. The zero-order chi connectivity index (χ0) is 14.7. The lowest BCUT2D eigenvalue weighted by molar-refractivity contribution is 0.718. The third-order valence-corrected chi connectivity index (χ3v) is 3.75. The van der Waals surface area contributed by atoms with E-state index in [1.165, 1.54) is 11.1 Å². The first-order valence-corrected chi connectivity index (χ1v) is 7.14. The number of aromatic nitrogens is 2. The molecule has 2 aromatic carbocycles. The predicted molar refractivity (Wildman–Crippen MR) is 85.4 cm³/mol. The van der Waals surface area contributed by atoms with E-state index < -0.39 is 0 Å². The molecule has 0 fully saturated rings. The van der Waals surface area contributed by atoms with Crippen LogP contribution in [0.5, 0.6) is 0 Å². The highest BCUT2D eigenvalue weighted by atomic mass is 15.3. The third kappa shape index (κ3) is 3.03. The number of benzene rings is 2. The highest BCUT2D eigenvalue weighted by molar-refractivity contribution is 5.32. The Morgan fingerprint density at radius 3 is 2.52 bits per heavy atom. The van der Waals surface area contributed by atoms with E-state index in [9.17, 15) is 0 Å². The minimum absolute atomic E-state index is 0.0384. The minimum Gasteiger partial charge on any atom is -0.324 e. The van der Waals surface area contributed by atoms with Crippen LogP contribution in [0.1, 0.15) is 22.7 Å². The summed E-state index contributed by atoms with van der Waals surface area (Å²) < 4.78 is 1.87. The molecule has 3 aromatic rings. The van der Waals surface area contributed by atoms with E-state index in [2.05, 4.69) is 36.3 Å². The molecule has 3 heteroatoms. The first-order valence-electron chi connectivity index (χ1n) is 7.14. The average Bonchev–Trinajstić information content (AvgIpc) is 3.00. The molecule has 0 saturated heterocycles. The molecule has 0 amide bonds. The van der Waals surface area contributed by atoms with Gasteiger partial charge in [-0.15, -0.1) is 0 Å². The molecule has 0 bridgehead atoms. The first-order chi connectivity index (χ1) is 10.2. The molecule has 1 atom stereocenters. The maximum atomic E-state index is 6.33. The molecule has 21 heavy (non-hydrogen) atoms. The van der Waals surface area contributed by atoms with Crippen LogP contribution in [0.2, 0.25) is 0 Å². The average molecular weight is 277 g/mol. The van der Waals surface area contributed by atoms with Crippen LogP contribution >= 0.6 is 0 Å². The summed E-state index contributed by atoms with van der Waals surface area (Å²) in [4.78, 5) is 0. The van der Waals surface area contributed by atoms with Gasteiger partial charge in [0.05, 0.1) is 11.9 Å². The van der Waals surface area contributed by atoms with Crippen LogP contribution in [0.25, 0.3) is 5.69 Å². The molecule has 0 saturated carbocycles. The number of aryl methyl sites for hydroxylation is 1. The van der Waals surface area contributed by atoms with Crippen molar-refractivity contribution < 1.29 is 0 Å². The van der Waals surface area contributed by atoms with Crippen LogP contribution < -0.4 is 5.73 Å². The molecular weight excluding hydrogens is 258 g/mol. The van der Waals surface area contributed by atoms with Crippen LogP contribution in [0, 0.1) is 6.92 Å². The van der Waals surface area contributed by atoms with Gasteiger partial charge in [0.2, 0.25) is 0 Å². The Bertz CT molecular complexity index is 716. The van der Waals surface area contributed by atoms with Crippen molar-refractivity contribution in [1.29, 1.82) is 0 Å². The fourth-order valence-electron chi connectivity index (χ4n) is 2.44. The van der Waals surface area contributed by atoms with Gasteiger partial charge in [0.1, 0.15) is 0 Å². The van der Waals surface area contributed by atoms with Crippen molar-refractivity contribution in [1.82, 2.24) is 9.78 Å². The quantitative estimate of drug-likeness (QED) is 0.794. The van der Waals surface area contributed by atoms with Gasteiger partial charge in [-0.3, -0.25) is 0 Å². The van der Waals surface area contributed by atoms with Crippen LogP contribution in [-0.2, 0) is 6.42 Å². The summed E-state index contributed by atoms with van der Waals surface area (Å²) in [5.41, 5.74) is 11.0. The van der Waals surface area contributed by atoms with Gasteiger partial charge in [-0.25, -0.2) is 4.68 Å². The van der Waals surface area contributed by atoms with Crippen molar-refractivity contribution in [3.8, 4) is 5.69 Å². The third-order valence-electron chi connectivity index (χ3n) is 3.75. The lowest BCUT2D eigenvalue weighted by Gasteiger charge is -2.11. The lowest BCUT2D eigenvalue weighted by atomic mass is 9.99. The maximum Gasteiger partial charge on any atom is 0.0645 e. The Balaban J connectivity index is 1.79. The summed E-state index contributed by atoms with van der Waals surface area (Å²) in [7, 11) is 0. The lowest BCUT2D eigenvalue weighted by Crippen LogP contribution is -2.13. The first kappa shape index (κ1) is 13.6. The van der Waals surface area contributed by atoms with E-state index in [1.54, 1.807) is 0 Å². The highest BCUT2D eigenvalue weighted by Gasteiger charge is 2.11. The van der Waals surface area contributed by atoms with Gasteiger partial charge >= 0.3 is 0 Å². The second-order valence-corrected chi connectivity index (χ2v) is 5.29. The standard InChI is InChI=1S/C18H19N3/c1-14-7-5-6-8-15(14)11-18(19)16-12-20-21(13-16)17-9-3-2-4-10-17/h2-10,12-13,18H,11,19H2,1H3. The smallest absolute Gasteiger partial charge is 0.0645 e. The van der Waals surface area contributed by atoms with Crippen LogP contribution in [0.3, 0.4) is 0 Å². The second-order valence-electron chi connectivity index (χ2n) is 5.29. The second kappa shape index (κ2) is 5.94. The van der Waals surface area contributed by atoms with Crippen molar-refractivity contribution in [3.63, 3.8) is 0 Å². The monoisotopic (exact) mass is 277 g/mol. The Kier molecular flexibility index (Phi) is 3.84. The SMILES string of the molecule is Cc1ccccc1CC(N)c1cnn(-c2ccccc2)c1. The highest BCUT2D eigenvalue weighted by Crippen LogP contribution is 2.19. The molecule has 2 N–H and O–H groups in total. The molecule has 3 nitrogen and oxygen atoms in total. The Hall–Kier alpha value is -2.39. The van der Waals surface area contributed by atoms with Crippen molar-refractivity contribution in [3.05, 3.63) is 83.7 Å². The summed E-state index contributed by atoms with van der Waals surface area (Å²) >= 11 is 0. The molecule has 0 aliphatic carbocycles. The van der Waals surface area contributed by atoms with Gasteiger partial charge in [0.25, 0.3) is 0 Å². The molecule has 0 spiro atoms. The maximum absolute atomic E-state index is 6.33. The van der Waals surface area contributed by atoms with Crippen molar-refractivity contribution in [2.75, 3.05) is 0 Å². The molecule has 0 radical (unpaired) electrons. The number of nitrogens with two attached hydrogens (primary N) is 1. The molecule has 106 valence electrons. The van der Waals surface area contributed by atoms with E-state index in [1.807, 2.05) is 47.4 Å². The van der Waals surface area contributed by atoms with Gasteiger partial charge < -0.3 is 5.73 Å². The summed E-state index contributed by atoms with van der Waals surface area (Å²) in [6.45, 7) is 2.12. The molecular formula is C18H19N3. The molecule has 1 heterocycles. The molecule has 1 unspecified atom stereocenters. The summed E-state index contributed by atoms with van der Waals surface area (Å²) in [6.07, 6.45) is 4.70. The zero-order valence-corrected chi connectivity index (χ0v) is 12.1. The molecule has 3 rings (SSSR count). The largest absolute Gasteiger partial charge is 0.324 e. The van der Waals surface area contributed by atoms with Gasteiger partial charge in [0.15, 0.2) is 0 Å². The Morgan fingerprint density at radius 2 is 1.76 bits per heavy atom. The number of rotatable bonds is 4. The topological polar surface area (TPSA) is 43.8 Å². The van der Waals surface area contributed by atoms with Crippen LogP contribution in [0.4, 0.5) is 0 Å². The fourth-order valence-corrected chi connectivity index (χ4v) is 2.44. The van der Waals surface area contributed by atoms with Gasteiger partial charge in [-0.05, 0) is 36.6 Å². The Labute approximate surface area is 125 Å². The minimum atomic E-state index is -0.0384. The predicted octanol–water partition coefficient (Wildman–Crippen LogP) is 3.42. The fraction of sp³-hybridized carbons (Fsp3) is 0.167. The molecule has 1 aromatic heterocycles. The van der Waals surface area contributed by atoms with E-state index in [4.69, 9.17) is 5.73 Å². The summed E-state index contributed by atoms with van der Waals surface area (Å²) in [5.74, 6) is 0. The van der Waals surface area contributed by atoms with Gasteiger partial charge in [-0.2, -0.15) is 5.10 Å². The van der Waals surface area contributed by atoms with E-state index in [-0.39, 0.29) is 6.04 Å². The van der Waals surface area contributed by atoms with Gasteiger partial charge in [0, 0.05) is 17.8 Å². The molecule has 0 aliphatic heterocycles. The van der Waals surface area contributed by atoms with Crippen LogP contribution in [0.15, 0.2) is 67.0 Å². The number of para-hydroxylation sites is 1. The normalized spacial score (nSPS) is 12.3. The Morgan fingerprint density at radius 1 is 1.05 bits per heavy atom. The van der Waals surface area contributed by atoms with Crippen molar-refractivity contribution in [2.45, 2.75) is 19.4 Å².